The highest BCUT2D eigenvalue weighted by molar-refractivity contribution is 5.73. The van der Waals surface area contributed by atoms with E-state index in [1.165, 1.54) is 5.56 Å². The van der Waals surface area contributed by atoms with Crippen LogP contribution >= 0.6 is 0 Å². The fraction of sp³-hybridized carbons (Fsp3) is 0.500. The Hall–Kier alpha value is -2.53. The summed E-state index contributed by atoms with van der Waals surface area (Å²) in [4.78, 5) is 11.1. The van der Waals surface area contributed by atoms with Crippen LogP contribution in [0.5, 0.6) is 17.2 Å². The lowest BCUT2D eigenvalue weighted by Gasteiger charge is -2.53. The summed E-state index contributed by atoms with van der Waals surface area (Å²) in [6.45, 7) is 0.779. The lowest BCUT2D eigenvalue weighted by Crippen LogP contribution is -2.49. The first-order chi connectivity index (χ1) is 15.0. The second-order valence-corrected chi connectivity index (χ2v) is 9.57. The van der Waals surface area contributed by atoms with Gasteiger partial charge in [-0.3, -0.25) is 4.79 Å². The third-order valence-electron chi connectivity index (χ3n) is 7.71. The number of ether oxygens (including phenoxy) is 3. The number of carbonyl (C=O) groups is 1. The van der Waals surface area contributed by atoms with Crippen molar-refractivity contribution in [2.75, 3.05) is 13.7 Å². The Kier molecular flexibility index (Phi) is 5.17. The third-order valence-corrected chi connectivity index (χ3v) is 7.71. The minimum atomic E-state index is -0.623. The van der Waals surface area contributed by atoms with Crippen molar-refractivity contribution in [3.8, 4) is 17.2 Å². The van der Waals surface area contributed by atoms with Crippen molar-refractivity contribution in [1.29, 1.82) is 0 Å². The molecule has 5 nitrogen and oxygen atoms in total. The van der Waals surface area contributed by atoms with E-state index >= 15 is 0 Å². The number of aliphatic carboxylic acids is 1. The molecule has 2 saturated heterocycles. The van der Waals surface area contributed by atoms with Crippen molar-refractivity contribution < 1.29 is 24.1 Å². The number of hydrogen-bond donors (Lipinski definition) is 1. The number of carboxylic acids is 1. The highest BCUT2D eigenvalue weighted by atomic mass is 16.5. The van der Waals surface area contributed by atoms with E-state index < -0.39 is 5.97 Å². The molecule has 2 unspecified atom stereocenters. The Bertz CT molecular complexity index is 926. The van der Waals surface area contributed by atoms with Gasteiger partial charge in [0.05, 0.1) is 25.2 Å². The minimum Gasteiger partial charge on any atom is -0.497 e. The second-order valence-electron chi connectivity index (χ2n) is 9.57. The van der Waals surface area contributed by atoms with Crippen LogP contribution in [0.3, 0.4) is 0 Å². The molecule has 2 heterocycles. The maximum absolute atomic E-state index is 11.1. The van der Waals surface area contributed by atoms with Crippen LogP contribution in [0.4, 0.5) is 0 Å². The third kappa shape index (κ3) is 4.03. The topological polar surface area (TPSA) is 65.0 Å². The Morgan fingerprint density at radius 3 is 2.42 bits per heavy atom. The van der Waals surface area contributed by atoms with Gasteiger partial charge in [0, 0.05) is 0 Å². The molecule has 2 aliphatic carbocycles. The van der Waals surface area contributed by atoms with Gasteiger partial charge in [-0.15, -0.1) is 0 Å². The molecule has 6 rings (SSSR count). The summed E-state index contributed by atoms with van der Waals surface area (Å²) in [5.41, 5.74) is 1.22. The zero-order valence-electron chi connectivity index (χ0n) is 18.0. The van der Waals surface area contributed by atoms with Crippen molar-refractivity contribution >= 4 is 5.97 Å². The molecule has 5 heteroatoms. The molecule has 4 aliphatic rings. The molecule has 4 fully saturated rings. The second kappa shape index (κ2) is 7.86. The van der Waals surface area contributed by atoms with Crippen molar-refractivity contribution in [3.05, 3.63) is 54.1 Å². The highest BCUT2D eigenvalue weighted by Crippen LogP contribution is 2.57. The van der Waals surface area contributed by atoms with E-state index in [1.54, 1.807) is 7.11 Å². The number of hydrogen-bond acceptors (Lipinski definition) is 4. The van der Waals surface area contributed by atoms with Gasteiger partial charge < -0.3 is 19.3 Å². The zero-order valence-corrected chi connectivity index (χ0v) is 18.0. The van der Waals surface area contributed by atoms with Gasteiger partial charge in [0.25, 0.3) is 0 Å². The average Bonchev–Trinajstić information content (AvgIpc) is 3.60. The smallest absolute Gasteiger partial charge is 0.306 e. The largest absolute Gasteiger partial charge is 0.497 e. The summed E-state index contributed by atoms with van der Waals surface area (Å²) in [7, 11) is 1.65. The summed E-state index contributed by atoms with van der Waals surface area (Å²) in [5, 5.41) is 9.15. The van der Waals surface area contributed by atoms with Crippen LogP contribution in [0.1, 0.15) is 50.5 Å². The Labute approximate surface area is 183 Å². The van der Waals surface area contributed by atoms with Crippen LogP contribution in [-0.4, -0.2) is 24.8 Å². The standard InChI is InChI=1S/C26H30O5/c1-29-20-5-7-21(8-6-20)31-22-4-2-3-19(16-22)26-13-11-25(12-14-26,17-30-26)10-9-18-15-23(18)24(27)28/h2-8,16,18,23H,9-15,17H2,1H3,(H,27,28). The fourth-order valence-electron chi connectivity index (χ4n) is 5.44. The number of rotatable bonds is 8. The van der Waals surface area contributed by atoms with E-state index in [0.717, 1.165) is 68.8 Å². The lowest BCUT2D eigenvalue weighted by atomic mass is 9.62. The number of methoxy groups -OCH3 is 1. The first-order valence-corrected chi connectivity index (χ1v) is 11.3. The molecule has 0 spiro atoms. The molecule has 2 saturated carbocycles. The molecule has 0 aromatic heterocycles. The van der Waals surface area contributed by atoms with Gasteiger partial charge in [0.2, 0.25) is 0 Å². The summed E-state index contributed by atoms with van der Waals surface area (Å²) >= 11 is 0. The minimum absolute atomic E-state index is 0.1000. The molecule has 2 aromatic carbocycles. The van der Waals surface area contributed by atoms with E-state index in [9.17, 15) is 4.79 Å². The molecule has 2 aromatic rings. The molecular weight excluding hydrogens is 392 g/mol. The maximum atomic E-state index is 11.1. The number of fused-ring (bicyclic) bond motifs is 3. The summed E-state index contributed by atoms with van der Waals surface area (Å²) in [5.74, 6) is 2.06. The van der Waals surface area contributed by atoms with Crippen molar-refractivity contribution in [2.24, 2.45) is 17.3 Å². The normalized spacial score (nSPS) is 31.3. The van der Waals surface area contributed by atoms with Crippen LogP contribution in [0, 0.1) is 17.3 Å². The first-order valence-electron chi connectivity index (χ1n) is 11.3. The van der Waals surface area contributed by atoms with E-state index in [-0.39, 0.29) is 16.9 Å². The maximum Gasteiger partial charge on any atom is 0.306 e. The van der Waals surface area contributed by atoms with Crippen LogP contribution in [-0.2, 0) is 15.1 Å². The molecule has 164 valence electrons. The van der Waals surface area contributed by atoms with Crippen LogP contribution in [0.25, 0.3) is 0 Å². The summed E-state index contributed by atoms with van der Waals surface area (Å²) < 4.78 is 17.8. The van der Waals surface area contributed by atoms with Crippen molar-refractivity contribution in [3.63, 3.8) is 0 Å². The number of benzene rings is 2. The van der Waals surface area contributed by atoms with Gasteiger partial charge in [-0.2, -0.15) is 0 Å². The van der Waals surface area contributed by atoms with E-state index in [1.807, 2.05) is 36.4 Å². The Balaban J connectivity index is 1.23. The van der Waals surface area contributed by atoms with E-state index in [2.05, 4.69) is 12.1 Å². The van der Waals surface area contributed by atoms with Crippen molar-refractivity contribution in [1.82, 2.24) is 0 Å². The van der Waals surface area contributed by atoms with E-state index in [0.29, 0.717) is 5.92 Å². The Morgan fingerprint density at radius 1 is 1.06 bits per heavy atom. The molecule has 2 atom stereocenters. The predicted molar refractivity (Wildman–Crippen MR) is 117 cm³/mol. The summed E-state index contributed by atoms with van der Waals surface area (Å²) in [6.07, 6.45) is 7.33. The molecule has 1 N–H and O–H groups in total. The van der Waals surface area contributed by atoms with Gasteiger partial charge in [-0.25, -0.2) is 0 Å². The van der Waals surface area contributed by atoms with Gasteiger partial charge >= 0.3 is 5.97 Å². The van der Waals surface area contributed by atoms with Gasteiger partial charge in [0.1, 0.15) is 17.2 Å². The van der Waals surface area contributed by atoms with Crippen LogP contribution in [0.2, 0.25) is 0 Å². The molecule has 0 radical (unpaired) electrons. The lowest BCUT2D eigenvalue weighted by molar-refractivity contribution is -0.192. The van der Waals surface area contributed by atoms with Gasteiger partial charge in [0.15, 0.2) is 0 Å². The number of carboxylic acid groups (broad SMARTS) is 1. The van der Waals surface area contributed by atoms with E-state index in [4.69, 9.17) is 19.3 Å². The highest BCUT2D eigenvalue weighted by Gasteiger charge is 2.52. The average molecular weight is 423 g/mol. The van der Waals surface area contributed by atoms with Gasteiger partial charge in [-0.1, -0.05) is 12.1 Å². The monoisotopic (exact) mass is 422 g/mol. The molecule has 2 bridgehead atoms. The first kappa shape index (κ1) is 20.4. The quantitative estimate of drug-likeness (QED) is 0.585. The van der Waals surface area contributed by atoms with Gasteiger partial charge in [-0.05, 0) is 98.2 Å². The fourth-order valence-corrected chi connectivity index (χ4v) is 5.44. The molecule has 0 amide bonds. The van der Waals surface area contributed by atoms with Crippen LogP contribution in [0.15, 0.2) is 48.5 Å². The van der Waals surface area contributed by atoms with Crippen molar-refractivity contribution in [2.45, 2.75) is 50.5 Å². The predicted octanol–water partition coefficient (Wildman–Crippen LogP) is 5.77. The molecule has 31 heavy (non-hydrogen) atoms. The zero-order chi connectivity index (χ0) is 21.5. The molecular formula is C26H30O5. The summed E-state index contributed by atoms with van der Waals surface area (Å²) in [6, 6.07) is 15.9. The Morgan fingerprint density at radius 2 is 1.81 bits per heavy atom. The van der Waals surface area contributed by atoms with Crippen LogP contribution < -0.4 is 9.47 Å². The molecule has 2 aliphatic heterocycles. The SMILES string of the molecule is COc1ccc(Oc2cccc(C34CCC(CCC5CC5C(=O)O)(CC3)CO4)c2)cc1.